The number of anilines is 1. The fourth-order valence-corrected chi connectivity index (χ4v) is 3.84. The molecule has 4 heteroatoms. The lowest BCUT2D eigenvalue weighted by molar-refractivity contribution is 0.0893. The topological polar surface area (TPSA) is 37.4 Å². The van der Waals surface area contributed by atoms with Crippen molar-refractivity contribution in [2.45, 2.75) is 13.8 Å². The van der Waals surface area contributed by atoms with Crippen LogP contribution >= 0.6 is 15.9 Å². The number of hydrogen-bond acceptors (Lipinski definition) is 2. The molecule has 0 aromatic heterocycles. The molecule has 24 heavy (non-hydrogen) atoms. The molecule has 3 aromatic carbocycles. The van der Waals surface area contributed by atoms with E-state index in [1.807, 2.05) is 50.2 Å². The molecular weight excluding hydrogens is 366 g/mol. The highest BCUT2D eigenvalue weighted by Gasteiger charge is 2.34. The molecule has 0 bridgehead atoms. The van der Waals surface area contributed by atoms with Crippen molar-refractivity contribution in [2.24, 2.45) is 0 Å². The highest BCUT2D eigenvalue weighted by Crippen LogP contribution is 2.36. The zero-order valence-corrected chi connectivity index (χ0v) is 14.8. The quantitative estimate of drug-likeness (QED) is 0.556. The molecule has 0 fully saturated rings. The van der Waals surface area contributed by atoms with Gasteiger partial charge in [0.1, 0.15) is 0 Å². The Morgan fingerprint density at radius 1 is 0.833 bits per heavy atom. The molecule has 1 aliphatic rings. The molecule has 0 spiro atoms. The Bertz CT molecular complexity index is 997. The first kappa shape index (κ1) is 15.1. The minimum atomic E-state index is -0.277. The van der Waals surface area contributed by atoms with Crippen molar-refractivity contribution in [1.29, 1.82) is 0 Å². The van der Waals surface area contributed by atoms with Gasteiger partial charge in [-0.2, -0.15) is 0 Å². The second-order valence-electron chi connectivity index (χ2n) is 6.11. The van der Waals surface area contributed by atoms with E-state index in [0.717, 1.165) is 26.4 Å². The number of imide groups is 1. The zero-order valence-electron chi connectivity index (χ0n) is 13.3. The van der Waals surface area contributed by atoms with Crippen LogP contribution in [0, 0.1) is 13.8 Å². The van der Waals surface area contributed by atoms with Crippen molar-refractivity contribution in [3.05, 3.63) is 75.3 Å². The molecule has 0 saturated heterocycles. The van der Waals surface area contributed by atoms with Crippen LogP contribution in [0.4, 0.5) is 5.69 Å². The highest BCUT2D eigenvalue weighted by molar-refractivity contribution is 9.10. The van der Waals surface area contributed by atoms with Gasteiger partial charge < -0.3 is 0 Å². The van der Waals surface area contributed by atoms with Gasteiger partial charge >= 0.3 is 0 Å². The molecule has 2 amide bonds. The summed E-state index contributed by atoms with van der Waals surface area (Å²) in [4.78, 5) is 27.4. The zero-order chi connectivity index (χ0) is 17.0. The van der Waals surface area contributed by atoms with Gasteiger partial charge in [0.15, 0.2) is 0 Å². The molecule has 1 heterocycles. The van der Waals surface area contributed by atoms with E-state index in [2.05, 4.69) is 15.9 Å². The van der Waals surface area contributed by atoms with E-state index >= 15 is 0 Å². The van der Waals surface area contributed by atoms with Gasteiger partial charge in [0.05, 0.1) is 5.69 Å². The second kappa shape index (κ2) is 5.28. The van der Waals surface area contributed by atoms with Crippen molar-refractivity contribution in [2.75, 3.05) is 4.90 Å². The van der Waals surface area contributed by atoms with Crippen LogP contribution in [-0.2, 0) is 0 Å². The van der Waals surface area contributed by atoms with E-state index < -0.39 is 0 Å². The number of benzene rings is 3. The fraction of sp³-hybridized carbons (Fsp3) is 0.100. The van der Waals surface area contributed by atoms with Gasteiger partial charge in [-0.3, -0.25) is 9.59 Å². The molecule has 0 radical (unpaired) electrons. The van der Waals surface area contributed by atoms with Crippen LogP contribution in [0.5, 0.6) is 0 Å². The standard InChI is InChI=1S/C20H14BrNO2/c1-11-8-12(2)10-13(9-11)22-19(23)15-5-3-4-14-17(21)7-6-16(18(14)15)20(22)24/h3-10H,1-2H3. The maximum Gasteiger partial charge on any atom is 0.265 e. The Balaban J connectivity index is 2.00. The summed E-state index contributed by atoms with van der Waals surface area (Å²) >= 11 is 3.50. The molecule has 0 saturated carbocycles. The van der Waals surface area contributed by atoms with Crippen LogP contribution in [-0.4, -0.2) is 11.8 Å². The molecule has 3 nitrogen and oxygen atoms in total. The van der Waals surface area contributed by atoms with Crippen LogP contribution in [0.2, 0.25) is 0 Å². The van der Waals surface area contributed by atoms with Gasteiger partial charge in [-0.1, -0.05) is 34.1 Å². The molecule has 0 atom stereocenters. The van der Waals surface area contributed by atoms with Crippen molar-refractivity contribution >= 4 is 44.2 Å². The maximum absolute atomic E-state index is 13.0. The third-order valence-corrected chi connectivity index (χ3v) is 5.01. The number of carbonyl (C=O) groups is 2. The summed E-state index contributed by atoms with van der Waals surface area (Å²) in [6.45, 7) is 3.92. The van der Waals surface area contributed by atoms with E-state index in [9.17, 15) is 9.59 Å². The Hall–Kier alpha value is -2.46. The summed E-state index contributed by atoms with van der Waals surface area (Å²) in [6.07, 6.45) is 0. The Morgan fingerprint density at radius 3 is 2.12 bits per heavy atom. The minimum absolute atomic E-state index is 0.277. The first-order valence-electron chi connectivity index (χ1n) is 7.65. The average Bonchev–Trinajstić information content (AvgIpc) is 2.53. The average molecular weight is 380 g/mol. The third kappa shape index (κ3) is 2.10. The van der Waals surface area contributed by atoms with Crippen molar-refractivity contribution in [1.82, 2.24) is 0 Å². The van der Waals surface area contributed by atoms with Crippen molar-refractivity contribution < 1.29 is 9.59 Å². The van der Waals surface area contributed by atoms with E-state index in [0.29, 0.717) is 16.8 Å². The SMILES string of the molecule is Cc1cc(C)cc(N2C(=O)c3cccc4c(Br)ccc(c34)C2=O)c1. The third-order valence-electron chi connectivity index (χ3n) is 4.32. The normalized spacial score (nSPS) is 13.7. The predicted octanol–water partition coefficient (Wildman–Crippen LogP) is 5.02. The maximum atomic E-state index is 13.0. The Labute approximate surface area is 148 Å². The number of hydrogen-bond donors (Lipinski definition) is 0. The van der Waals surface area contributed by atoms with Gasteiger partial charge in [0.2, 0.25) is 0 Å². The van der Waals surface area contributed by atoms with E-state index in [4.69, 9.17) is 0 Å². The molecule has 0 N–H and O–H groups in total. The number of amides is 2. The molecule has 1 aliphatic heterocycles. The van der Waals surface area contributed by atoms with Crippen LogP contribution in [0.15, 0.2) is 53.0 Å². The molecule has 118 valence electrons. The summed E-state index contributed by atoms with van der Waals surface area (Å²) in [5.41, 5.74) is 3.77. The largest absolute Gasteiger partial charge is 0.268 e. The summed E-state index contributed by atoms with van der Waals surface area (Å²) < 4.78 is 0.878. The Kier molecular flexibility index (Phi) is 3.32. The van der Waals surface area contributed by atoms with Crippen molar-refractivity contribution in [3.8, 4) is 0 Å². The van der Waals surface area contributed by atoms with Gasteiger partial charge in [-0.25, -0.2) is 4.90 Å². The first-order chi connectivity index (χ1) is 11.5. The molecular formula is C20H14BrNO2. The lowest BCUT2D eigenvalue weighted by Crippen LogP contribution is -2.40. The first-order valence-corrected chi connectivity index (χ1v) is 8.45. The number of aryl methyl sites for hydroxylation is 2. The number of halogens is 1. The smallest absolute Gasteiger partial charge is 0.265 e. The van der Waals surface area contributed by atoms with Crippen LogP contribution in [0.25, 0.3) is 10.8 Å². The number of nitrogens with zero attached hydrogens (tertiary/aromatic N) is 1. The van der Waals surface area contributed by atoms with Crippen molar-refractivity contribution in [3.63, 3.8) is 0 Å². The van der Waals surface area contributed by atoms with E-state index in [1.54, 1.807) is 12.1 Å². The van der Waals surface area contributed by atoms with Crippen LogP contribution in [0.1, 0.15) is 31.8 Å². The number of carbonyl (C=O) groups excluding carboxylic acids is 2. The number of rotatable bonds is 1. The molecule has 0 aliphatic carbocycles. The second-order valence-corrected chi connectivity index (χ2v) is 6.97. The molecule has 0 unspecified atom stereocenters. The molecule has 4 rings (SSSR count). The summed E-state index contributed by atoms with van der Waals surface area (Å²) in [5.74, 6) is -0.553. The van der Waals surface area contributed by atoms with Crippen LogP contribution in [0.3, 0.4) is 0 Å². The summed E-state index contributed by atoms with van der Waals surface area (Å²) in [6, 6.07) is 14.9. The Morgan fingerprint density at radius 2 is 1.46 bits per heavy atom. The van der Waals surface area contributed by atoms with E-state index in [1.165, 1.54) is 4.90 Å². The summed E-state index contributed by atoms with van der Waals surface area (Å²) in [5, 5.41) is 1.61. The summed E-state index contributed by atoms with van der Waals surface area (Å²) in [7, 11) is 0. The van der Waals surface area contributed by atoms with Gasteiger partial charge in [-0.15, -0.1) is 0 Å². The van der Waals surface area contributed by atoms with Gasteiger partial charge in [-0.05, 0) is 60.7 Å². The van der Waals surface area contributed by atoms with Gasteiger partial charge in [0.25, 0.3) is 11.8 Å². The monoisotopic (exact) mass is 379 g/mol. The fourth-order valence-electron chi connectivity index (χ4n) is 3.37. The van der Waals surface area contributed by atoms with Crippen LogP contribution < -0.4 is 4.90 Å². The van der Waals surface area contributed by atoms with E-state index in [-0.39, 0.29) is 11.8 Å². The lowest BCUT2D eigenvalue weighted by atomic mass is 9.93. The predicted molar refractivity (Wildman–Crippen MR) is 98.7 cm³/mol. The lowest BCUT2D eigenvalue weighted by Gasteiger charge is -2.28. The highest BCUT2D eigenvalue weighted by atomic mass is 79.9. The molecule has 3 aromatic rings. The van der Waals surface area contributed by atoms with Gasteiger partial charge in [0, 0.05) is 21.0 Å². The minimum Gasteiger partial charge on any atom is -0.268 e.